The Balaban J connectivity index is 0. The molecule has 0 aliphatic rings. The largest absolute Gasteiger partial charge is 2.00 e. The Kier molecular flexibility index (Phi) is 11.7. The van der Waals surface area contributed by atoms with E-state index < -0.39 is 0 Å². The summed E-state index contributed by atoms with van der Waals surface area (Å²) in [5.74, 6) is 0. The molecule has 3 heteroatoms. The fourth-order valence-corrected chi connectivity index (χ4v) is 1.69. The van der Waals surface area contributed by atoms with Gasteiger partial charge in [0.05, 0.1) is 0 Å². The Bertz CT molecular complexity index is 203. The van der Waals surface area contributed by atoms with E-state index >= 15 is 0 Å². The minimum absolute atomic E-state index is 0. The van der Waals surface area contributed by atoms with Gasteiger partial charge in [-0.2, -0.15) is 30.3 Å². The van der Waals surface area contributed by atoms with E-state index in [1.54, 1.807) is 0 Å². The molecular weight excluding hydrogens is 256 g/mol. The van der Waals surface area contributed by atoms with Crippen molar-refractivity contribution in [2.24, 2.45) is 0 Å². The standard InChI is InChI=1S/C10H13S.BrH.Mg/c1-3-9(2)11-10-7-5-4-6-8-10;;/h5-9H,3H2,1-2H3;1H;/q-1;;+2/p-1. The summed E-state index contributed by atoms with van der Waals surface area (Å²) in [6, 6.07) is 11.2. The third-order valence-electron chi connectivity index (χ3n) is 1.60. The van der Waals surface area contributed by atoms with Crippen LogP contribution in [-0.2, 0) is 0 Å². The molecule has 0 aromatic heterocycles. The zero-order chi connectivity index (χ0) is 8.10. The van der Waals surface area contributed by atoms with Crippen LogP contribution in [0.4, 0.5) is 0 Å². The number of halogens is 1. The Morgan fingerprint density at radius 3 is 2.38 bits per heavy atom. The summed E-state index contributed by atoms with van der Waals surface area (Å²) in [4.78, 5) is 1.35. The van der Waals surface area contributed by atoms with Crippen molar-refractivity contribution in [2.45, 2.75) is 30.4 Å². The number of rotatable bonds is 3. The Morgan fingerprint density at radius 2 is 1.92 bits per heavy atom. The molecule has 1 aromatic rings. The molecule has 0 fully saturated rings. The van der Waals surface area contributed by atoms with Crippen molar-refractivity contribution in [3.63, 3.8) is 0 Å². The molecule has 0 radical (unpaired) electrons. The first kappa shape index (κ1) is 16.3. The van der Waals surface area contributed by atoms with Crippen LogP contribution < -0.4 is 17.0 Å². The maximum absolute atomic E-state index is 3.01. The third-order valence-corrected chi connectivity index (χ3v) is 2.88. The van der Waals surface area contributed by atoms with Crippen LogP contribution in [0.3, 0.4) is 0 Å². The predicted octanol–water partition coefficient (Wildman–Crippen LogP) is 0.000590. The zero-order valence-corrected chi connectivity index (χ0v) is 11.9. The minimum Gasteiger partial charge on any atom is -1.00 e. The van der Waals surface area contributed by atoms with E-state index in [0.29, 0.717) is 0 Å². The second kappa shape index (κ2) is 9.37. The minimum atomic E-state index is 0. The molecule has 0 N–H and O–H groups in total. The van der Waals surface area contributed by atoms with Gasteiger partial charge in [0.2, 0.25) is 0 Å². The van der Waals surface area contributed by atoms with E-state index in [2.05, 4.69) is 32.0 Å². The average molecular weight is 269 g/mol. The van der Waals surface area contributed by atoms with Crippen LogP contribution >= 0.6 is 11.8 Å². The first-order chi connectivity index (χ1) is 5.33. The fraction of sp³-hybridized carbons (Fsp3) is 0.400. The van der Waals surface area contributed by atoms with Gasteiger partial charge in [0.25, 0.3) is 0 Å². The molecule has 0 nitrogen and oxygen atoms in total. The van der Waals surface area contributed by atoms with Crippen LogP contribution in [-0.4, -0.2) is 28.3 Å². The van der Waals surface area contributed by atoms with Gasteiger partial charge in [0, 0.05) is 5.25 Å². The van der Waals surface area contributed by atoms with Gasteiger partial charge < -0.3 is 17.0 Å². The summed E-state index contributed by atoms with van der Waals surface area (Å²) in [5, 5.41) is 0.720. The van der Waals surface area contributed by atoms with Crippen LogP contribution in [0.5, 0.6) is 0 Å². The summed E-state index contributed by atoms with van der Waals surface area (Å²) in [6.07, 6.45) is 1.23. The molecule has 0 aliphatic heterocycles. The SMILES string of the molecule is CCC(C)Sc1cc[c-]cc1.[Br-].[Mg+2]. The number of thioether (sulfide) groups is 1. The molecule has 13 heavy (non-hydrogen) atoms. The molecule has 0 saturated heterocycles. The van der Waals surface area contributed by atoms with Gasteiger partial charge in [-0.25, -0.2) is 0 Å². The van der Waals surface area contributed by atoms with E-state index in [-0.39, 0.29) is 40.0 Å². The van der Waals surface area contributed by atoms with Crippen LogP contribution in [0.2, 0.25) is 0 Å². The number of hydrogen-bond acceptors (Lipinski definition) is 1. The first-order valence-corrected chi connectivity index (χ1v) is 4.83. The molecule has 0 heterocycles. The molecule has 0 aliphatic carbocycles. The van der Waals surface area contributed by atoms with Crippen molar-refractivity contribution in [2.75, 3.05) is 0 Å². The van der Waals surface area contributed by atoms with Crippen molar-refractivity contribution < 1.29 is 17.0 Å². The second-order valence-electron chi connectivity index (χ2n) is 2.57. The first-order valence-electron chi connectivity index (χ1n) is 3.95. The molecule has 0 bridgehead atoms. The smallest absolute Gasteiger partial charge is 1.00 e. The van der Waals surface area contributed by atoms with E-state index in [1.807, 2.05) is 23.9 Å². The van der Waals surface area contributed by atoms with E-state index in [0.717, 1.165) is 5.25 Å². The summed E-state index contributed by atoms with van der Waals surface area (Å²) < 4.78 is 0. The van der Waals surface area contributed by atoms with E-state index in [9.17, 15) is 0 Å². The number of hydrogen-bond donors (Lipinski definition) is 0. The summed E-state index contributed by atoms with van der Waals surface area (Å²) in [5.41, 5.74) is 0. The van der Waals surface area contributed by atoms with Gasteiger partial charge >= 0.3 is 23.1 Å². The van der Waals surface area contributed by atoms with Gasteiger partial charge in [-0.05, 0) is 6.42 Å². The average Bonchev–Trinajstić information content (AvgIpc) is 2.06. The van der Waals surface area contributed by atoms with Crippen molar-refractivity contribution >= 4 is 34.8 Å². The normalized spacial score (nSPS) is 10.9. The van der Waals surface area contributed by atoms with Gasteiger partial charge in [0.1, 0.15) is 0 Å². The second-order valence-corrected chi connectivity index (χ2v) is 4.08. The van der Waals surface area contributed by atoms with Crippen molar-refractivity contribution in [1.82, 2.24) is 0 Å². The molecule has 1 rings (SSSR count). The topological polar surface area (TPSA) is 0 Å². The molecule has 1 unspecified atom stereocenters. The molecular formula is C10H13BrMgS. The van der Waals surface area contributed by atoms with Crippen molar-refractivity contribution in [3.05, 3.63) is 30.3 Å². The molecule has 0 spiro atoms. The van der Waals surface area contributed by atoms with Crippen molar-refractivity contribution in [1.29, 1.82) is 0 Å². The number of benzene rings is 1. The van der Waals surface area contributed by atoms with E-state index in [4.69, 9.17) is 0 Å². The van der Waals surface area contributed by atoms with Gasteiger partial charge in [-0.15, -0.1) is 16.7 Å². The van der Waals surface area contributed by atoms with Crippen LogP contribution in [0, 0.1) is 6.07 Å². The van der Waals surface area contributed by atoms with Gasteiger partial charge in [-0.3, -0.25) is 0 Å². The zero-order valence-electron chi connectivity index (χ0n) is 8.09. The third kappa shape index (κ3) is 6.83. The monoisotopic (exact) mass is 268 g/mol. The maximum atomic E-state index is 3.01. The molecule has 1 atom stereocenters. The van der Waals surface area contributed by atoms with E-state index in [1.165, 1.54) is 11.3 Å². The summed E-state index contributed by atoms with van der Waals surface area (Å²) in [6.45, 7) is 4.47. The van der Waals surface area contributed by atoms with Gasteiger partial charge in [0.15, 0.2) is 0 Å². The van der Waals surface area contributed by atoms with Crippen LogP contribution in [0.15, 0.2) is 29.2 Å². The summed E-state index contributed by atoms with van der Waals surface area (Å²) in [7, 11) is 0. The van der Waals surface area contributed by atoms with Crippen LogP contribution in [0.25, 0.3) is 0 Å². The molecule has 0 amide bonds. The van der Waals surface area contributed by atoms with Crippen molar-refractivity contribution in [3.8, 4) is 0 Å². The van der Waals surface area contributed by atoms with Crippen LogP contribution in [0.1, 0.15) is 20.3 Å². The molecule has 0 saturated carbocycles. The Hall–Kier alpha value is 0.816. The Morgan fingerprint density at radius 1 is 1.38 bits per heavy atom. The quantitative estimate of drug-likeness (QED) is 0.423. The maximum Gasteiger partial charge on any atom is 2.00 e. The Labute approximate surface area is 112 Å². The molecule has 1 aromatic carbocycles. The summed E-state index contributed by atoms with van der Waals surface area (Å²) >= 11 is 1.92. The molecule has 68 valence electrons. The fourth-order valence-electron chi connectivity index (χ4n) is 0.766. The predicted molar refractivity (Wildman–Crippen MR) is 56.6 cm³/mol. The van der Waals surface area contributed by atoms with Gasteiger partial charge in [-0.1, -0.05) is 13.8 Å².